The molecule has 12 nitrogen and oxygen atoms in total. The molecular weight excluding hydrogens is 532 g/mol. The molecule has 4 aliphatic rings. The molecule has 0 unspecified atom stereocenters. The first-order valence-corrected chi connectivity index (χ1v) is 14.4. The molecule has 1 amide bonds. The Bertz CT molecular complexity index is 1520. The van der Waals surface area contributed by atoms with E-state index in [1.54, 1.807) is 9.21 Å². The first-order valence-electron chi connectivity index (χ1n) is 12.9. The second-order valence-electron chi connectivity index (χ2n) is 10.2. The van der Waals surface area contributed by atoms with E-state index in [0.717, 1.165) is 55.6 Å². The number of nitrogens with zero attached hydrogens (tertiary/aromatic N) is 7. The minimum absolute atomic E-state index is 0.0437. The molecule has 4 fully saturated rings. The van der Waals surface area contributed by atoms with Crippen molar-refractivity contribution in [3.8, 4) is 0 Å². The number of nitrogen functional groups attached to an aromatic ring is 1. The van der Waals surface area contributed by atoms with E-state index in [1.807, 2.05) is 0 Å². The van der Waals surface area contributed by atoms with E-state index < -0.39 is 32.8 Å². The SMILES string of the molecule is Nc1nn2cc(F)cnc2c1C(=O)Nc1cncc(F)c1N1CCC(S(=O)(=O)N2CCN3CCC2CC3)CC1. The number of nitrogens with one attached hydrogen (secondary N) is 1. The van der Waals surface area contributed by atoms with Gasteiger partial charge in [0.1, 0.15) is 11.3 Å². The van der Waals surface area contributed by atoms with Crippen molar-refractivity contribution in [2.75, 3.05) is 55.2 Å². The number of carbonyl (C=O) groups excluding carboxylic acids is 1. The Morgan fingerprint density at radius 1 is 1.00 bits per heavy atom. The molecular formula is C24H29F2N9O3S. The lowest BCUT2D eigenvalue weighted by Gasteiger charge is -2.38. The van der Waals surface area contributed by atoms with Crippen LogP contribution in [0.15, 0.2) is 24.8 Å². The maximum absolute atomic E-state index is 15.1. The van der Waals surface area contributed by atoms with Gasteiger partial charge in [-0.15, -0.1) is 5.10 Å². The third kappa shape index (κ3) is 4.67. The molecule has 7 heterocycles. The van der Waals surface area contributed by atoms with Gasteiger partial charge in [0.15, 0.2) is 23.1 Å². The monoisotopic (exact) mass is 561 g/mol. The number of aromatic nitrogens is 4. The second kappa shape index (κ2) is 9.95. The Hall–Kier alpha value is -3.43. The van der Waals surface area contributed by atoms with Gasteiger partial charge in [0, 0.05) is 32.2 Å². The Labute approximate surface area is 223 Å². The molecule has 0 saturated carbocycles. The minimum Gasteiger partial charge on any atom is -0.381 e. The molecule has 4 saturated heterocycles. The number of nitrogens with two attached hydrogens (primary N) is 1. The van der Waals surface area contributed by atoms with Crippen LogP contribution in [-0.2, 0) is 10.0 Å². The number of carbonyl (C=O) groups is 1. The predicted molar refractivity (Wildman–Crippen MR) is 140 cm³/mol. The van der Waals surface area contributed by atoms with Gasteiger partial charge in [-0.05, 0) is 38.8 Å². The van der Waals surface area contributed by atoms with E-state index in [9.17, 15) is 17.6 Å². The van der Waals surface area contributed by atoms with Gasteiger partial charge in [0.2, 0.25) is 10.0 Å². The van der Waals surface area contributed by atoms with Gasteiger partial charge in [-0.25, -0.2) is 26.7 Å². The zero-order valence-electron chi connectivity index (χ0n) is 21.1. The summed E-state index contributed by atoms with van der Waals surface area (Å²) in [7, 11) is -3.50. The quantitative estimate of drug-likeness (QED) is 0.472. The summed E-state index contributed by atoms with van der Waals surface area (Å²) in [6, 6.07) is 0.0459. The van der Waals surface area contributed by atoms with Crippen molar-refractivity contribution in [2.24, 2.45) is 0 Å². The molecule has 208 valence electrons. The van der Waals surface area contributed by atoms with Crippen LogP contribution in [0.25, 0.3) is 5.65 Å². The molecule has 7 rings (SSSR count). The van der Waals surface area contributed by atoms with E-state index in [0.29, 0.717) is 19.4 Å². The highest BCUT2D eigenvalue weighted by molar-refractivity contribution is 7.89. The number of sulfonamides is 1. The van der Waals surface area contributed by atoms with Crippen LogP contribution in [0, 0.1) is 11.6 Å². The Morgan fingerprint density at radius 3 is 2.49 bits per heavy atom. The van der Waals surface area contributed by atoms with Gasteiger partial charge in [-0.1, -0.05) is 0 Å². The highest BCUT2D eigenvalue weighted by Gasteiger charge is 2.41. The van der Waals surface area contributed by atoms with Crippen LogP contribution in [0.2, 0.25) is 0 Å². The summed E-state index contributed by atoms with van der Waals surface area (Å²) in [5, 5.41) is 6.01. The molecule has 0 aliphatic carbocycles. The lowest BCUT2D eigenvalue weighted by molar-refractivity contribution is 0.102. The van der Waals surface area contributed by atoms with Gasteiger partial charge in [-0.3, -0.25) is 9.78 Å². The molecule has 3 aromatic heterocycles. The summed E-state index contributed by atoms with van der Waals surface area (Å²) in [6.45, 7) is 3.70. The highest BCUT2D eigenvalue weighted by atomic mass is 32.2. The van der Waals surface area contributed by atoms with Crippen LogP contribution >= 0.6 is 0 Å². The van der Waals surface area contributed by atoms with Crippen LogP contribution < -0.4 is 16.0 Å². The van der Waals surface area contributed by atoms with Crippen molar-refractivity contribution in [3.63, 3.8) is 0 Å². The summed E-state index contributed by atoms with van der Waals surface area (Å²) < 4.78 is 58.6. The average Bonchev–Trinajstić information content (AvgIpc) is 3.04. The first-order chi connectivity index (χ1) is 18.7. The van der Waals surface area contributed by atoms with Crippen LogP contribution in [0.3, 0.4) is 0 Å². The Balaban J connectivity index is 1.20. The molecule has 0 atom stereocenters. The maximum Gasteiger partial charge on any atom is 0.263 e. The standard InChI is InChI=1S/C24H29F2N9O3S/c25-15-11-29-23-20(22(27)31-34(23)14-15)24(36)30-19-13-28-12-18(26)21(19)33-7-3-17(4-8-33)39(37,38)35-10-9-32-5-1-16(35)2-6-32/h11-14,16-17H,1-10H2,(H2,27,31)(H,30,36). The van der Waals surface area contributed by atoms with Gasteiger partial charge in [-0.2, -0.15) is 4.31 Å². The average molecular weight is 562 g/mol. The van der Waals surface area contributed by atoms with Crippen molar-refractivity contribution in [1.82, 2.24) is 28.8 Å². The fourth-order valence-corrected chi connectivity index (χ4v) is 8.08. The smallest absolute Gasteiger partial charge is 0.263 e. The molecule has 3 aromatic rings. The van der Waals surface area contributed by atoms with E-state index >= 15 is 4.39 Å². The second-order valence-corrected chi connectivity index (χ2v) is 12.4. The van der Waals surface area contributed by atoms with E-state index in [1.165, 1.54) is 6.20 Å². The van der Waals surface area contributed by atoms with Crippen LogP contribution in [0.1, 0.15) is 36.0 Å². The Morgan fingerprint density at radius 2 is 1.74 bits per heavy atom. The number of fused-ring (bicyclic) bond motifs is 5. The van der Waals surface area contributed by atoms with Crippen molar-refractivity contribution >= 4 is 38.8 Å². The molecule has 0 spiro atoms. The van der Waals surface area contributed by atoms with Crippen LogP contribution in [-0.4, -0.2) is 93.7 Å². The van der Waals surface area contributed by atoms with Crippen LogP contribution in [0.4, 0.5) is 26.0 Å². The van der Waals surface area contributed by atoms with E-state index in [-0.39, 0.29) is 47.5 Å². The largest absolute Gasteiger partial charge is 0.381 e. The number of amides is 1. The van der Waals surface area contributed by atoms with Gasteiger partial charge < -0.3 is 20.9 Å². The van der Waals surface area contributed by atoms with Gasteiger partial charge in [0.05, 0.1) is 35.7 Å². The molecule has 2 bridgehead atoms. The number of rotatable bonds is 5. The third-order valence-corrected chi connectivity index (χ3v) is 10.4. The third-order valence-electron chi connectivity index (χ3n) is 7.92. The highest BCUT2D eigenvalue weighted by Crippen LogP contribution is 2.34. The first kappa shape index (κ1) is 25.8. The zero-order chi connectivity index (χ0) is 27.3. The van der Waals surface area contributed by atoms with Crippen molar-refractivity contribution in [1.29, 1.82) is 0 Å². The lowest BCUT2D eigenvalue weighted by atomic mass is 10.1. The summed E-state index contributed by atoms with van der Waals surface area (Å²) in [5.41, 5.74) is 6.07. The van der Waals surface area contributed by atoms with E-state index in [4.69, 9.17) is 5.73 Å². The van der Waals surface area contributed by atoms with Crippen molar-refractivity contribution < 1.29 is 22.0 Å². The lowest BCUT2D eigenvalue weighted by Crippen LogP contribution is -2.49. The normalized spacial score (nSPS) is 22.8. The molecule has 0 radical (unpaired) electrons. The van der Waals surface area contributed by atoms with Crippen molar-refractivity contribution in [3.05, 3.63) is 42.0 Å². The fourth-order valence-electron chi connectivity index (χ4n) is 5.93. The molecule has 4 aliphatic heterocycles. The number of hydrogen-bond acceptors (Lipinski definition) is 9. The maximum atomic E-state index is 15.1. The van der Waals surface area contributed by atoms with Crippen LogP contribution in [0.5, 0.6) is 0 Å². The predicted octanol–water partition coefficient (Wildman–Crippen LogP) is 1.32. The molecule has 39 heavy (non-hydrogen) atoms. The van der Waals surface area contributed by atoms with Gasteiger partial charge in [0.25, 0.3) is 5.91 Å². The molecule has 3 N–H and O–H groups in total. The number of halogens is 2. The zero-order valence-corrected chi connectivity index (χ0v) is 21.9. The molecule has 15 heteroatoms. The summed E-state index contributed by atoms with van der Waals surface area (Å²) in [6.07, 6.45) is 6.71. The topological polar surface area (TPSA) is 142 Å². The number of anilines is 3. The van der Waals surface area contributed by atoms with Crippen molar-refractivity contribution in [2.45, 2.75) is 37.0 Å². The Kier molecular flexibility index (Phi) is 6.59. The summed E-state index contributed by atoms with van der Waals surface area (Å²) >= 11 is 0. The number of pyridine rings is 1. The summed E-state index contributed by atoms with van der Waals surface area (Å²) in [4.78, 5) is 25.0. The number of hydrogen-bond donors (Lipinski definition) is 2. The molecule has 0 aromatic carbocycles. The summed E-state index contributed by atoms with van der Waals surface area (Å²) in [5.74, 6) is -2.18. The fraction of sp³-hybridized carbons (Fsp3) is 0.500. The minimum atomic E-state index is -3.50. The van der Waals surface area contributed by atoms with E-state index in [2.05, 4.69) is 25.3 Å². The number of piperidine rings is 2. The van der Waals surface area contributed by atoms with Gasteiger partial charge >= 0.3 is 0 Å².